The molecule has 0 aliphatic carbocycles. The van der Waals surface area contributed by atoms with E-state index in [1.807, 2.05) is 31.2 Å². The summed E-state index contributed by atoms with van der Waals surface area (Å²) in [7, 11) is 0. The van der Waals surface area contributed by atoms with E-state index in [1.54, 1.807) is 26.0 Å². The average molecular weight is 478 g/mol. The monoisotopic (exact) mass is 477 g/mol. The molecule has 176 valence electrons. The number of rotatable bonds is 5. The van der Waals surface area contributed by atoms with E-state index in [0.717, 1.165) is 23.8 Å². The van der Waals surface area contributed by atoms with E-state index >= 15 is 0 Å². The van der Waals surface area contributed by atoms with Gasteiger partial charge in [-0.2, -0.15) is 0 Å². The van der Waals surface area contributed by atoms with Crippen molar-refractivity contribution in [1.82, 2.24) is 4.98 Å². The lowest BCUT2D eigenvalue weighted by Crippen LogP contribution is -2.31. The highest BCUT2D eigenvalue weighted by Gasteiger charge is 2.46. The molecule has 3 aromatic rings. The van der Waals surface area contributed by atoms with Crippen molar-refractivity contribution in [3.05, 3.63) is 74.8 Å². The average Bonchev–Trinajstić information content (AvgIpc) is 3.49. The zero-order valence-electron chi connectivity index (χ0n) is 19.5. The van der Waals surface area contributed by atoms with E-state index < -0.39 is 23.5 Å². The highest BCUT2D eigenvalue weighted by molar-refractivity contribution is 7.14. The number of carbonyl (C=O) groups is 2. The predicted molar refractivity (Wildman–Crippen MR) is 132 cm³/mol. The number of carbonyl (C=O) groups excluding carboxylic acids is 2. The minimum absolute atomic E-state index is 0.0196. The third-order valence-electron chi connectivity index (χ3n) is 6.44. The maximum Gasteiger partial charge on any atom is 0.294 e. The maximum absolute atomic E-state index is 13.6. The van der Waals surface area contributed by atoms with Gasteiger partial charge in [-0.15, -0.1) is 11.3 Å². The number of aromatic nitrogens is 1. The Bertz CT molecular complexity index is 1280. The molecule has 1 amide bonds. The van der Waals surface area contributed by atoms with Crippen molar-refractivity contribution in [1.29, 1.82) is 0 Å². The van der Waals surface area contributed by atoms with Gasteiger partial charge in [0.1, 0.15) is 17.6 Å². The molecule has 8 heteroatoms. The SMILES string of the molecule is Cc1ccc(C2C(C(=O)c3sc(C)nc3C)=C(O)C(=O)N2c2ccc(N3CCCCC3)cc2)o1. The summed E-state index contributed by atoms with van der Waals surface area (Å²) in [5, 5.41) is 11.7. The van der Waals surface area contributed by atoms with Gasteiger partial charge in [0, 0.05) is 24.5 Å². The molecule has 0 radical (unpaired) electrons. The summed E-state index contributed by atoms with van der Waals surface area (Å²) in [4.78, 5) is 35.5. The van der Waals surface area contributed by atoms with Crippen molar-refractivity contribution in [3.63, 3.8) is 0 Å². The number of hydrogen-bond acceptors (Lipinski definition) is 7. The third-order valence-corrected chi connectivity index (χ3v) is 7.51. The second kappa shape index (κ2) is 8.76. The number of anilines is 2. The van der Waals surface area contributed by atoms with Gasteiger partial charge in [0.05, 0.1) is 21.2 Å². The van der Waals surface area contributed by atoms with Gasteiger partial charge in [0.25, 0.3) is 5.91 Å². The van der Waals surface area contributed by atoms with Crippen LogP contribution < -0.4 is 9.80 Å². The lowest BCUT2D eigenvalue weighted by atomic mass is 9.99. The standard InChI is InChI=1S/C26H27N3O4S/c1-15-7-12-20(33-15)22-21(23(30)25-16(2)27-17(3)34-25)24(31)26(32)29(22)19-10-8-18(9-11-19)28-13-5-4-6-14-28/h7-12,22,31H,4-6,13-14H2,1-3H3. The van der Waals surface area contributed by atoms with E-state index in [1.165, 1.54) is 35.5 Å². The number of hydrogen-bond donors (Lipinski definition) is 1. The van der Waals surface area contributed by atoms with Crippen LogP contribution in [0.5, 0.6) is 0 Å². The molecule has 5 rings (SSSR count). The van der Waals surface area contributed by atoms with E-state index in [-0.39, 0.29) is 5.57 Å². The molecule has 0 spiro atoms. The number of aliphatic hydroxyl groups excluding tert-OH is 1. The summed E-state index contributed by atoms with van der Waals surface area (Å²) in [5.41, 5.74) is 2.30. The normalized spacial score (nSPS) is 18.8. The van der Waals surface area contributed by atoms with Gasteiger partial charge in [-0.25, -0.2) is 4.98 Å². The first kappa shape index (κ1) is 22.4. The Hall–Kier alpha value is -3.39. The quantitative estimate of drug-likeness (QED) is 0.493. The fraction of sp³-hybridized carbons (Fsp3) is 0.346. The van der Waals surface area contributed by atoms with E-state index in [4.69, 9.17) is 4.42 Å². The van der Waals surface area contributed by atoms with Crippen LogP contribution >= 0.6 is 11.3 Å². The lowest BCUT2D eigenvalue weighted by molar-refractivity contribution is -0.117. The highest BCUT2D eigenvalue weighted by atomic mass is 32.1. The first-order chi connectivity index (χ1) is 16.3. The molecule has 1 N–H and O–H groups in total. The second-order valence-electron chi connectivity index (χ2n) is 8.83. The van der Waals surface area contributed by atoms with Crippen molar-refractivity contribution in [2.24, 2.45) is 0 Å². The Labute approximate surface area is 202 Å². The van der Waals surface area contributed by atoms with Crippen LogP contribution in [0.15, 0.2) is 52.1 Å². The molecular weight excluding hydrogens is 450 g/mol. The smallest absolute Gasteiger partial charge is 0.294 e. The topological polar surface area (TPSA) is 86.9 Å². The lowest BCUT2D eigenvalue weighted by Gasteiger charge is -2.30. The van der Waals surface area contributed by atoms with Crippen molar-refractivity contribution < 1.29 is 19.1 Å². The number of aryl methyl sites for hydroxylation is 3. The first-order valence-electron chi connectivity index (χ1n) is 11.5. The summed E-state index contributed by atoms with van der Waals surface area (Å²) in [5.74, 6) is -0.481. The molecule has 34 heavy (non-hydrogen) atoms. The van der Waals surface area contributed by atoms with Gasteiger partial charge in [-0.3, -0.25) is 14.5 Å². The summed E-state index contributed by atoms with van der Waals surface area (Å²) in [6.45, 7) is 7.43. The summed E-state index contributed by atoms with van der Waals surface area (Å²) < 4.78 is 5.87. The molecule has 2 aromatic heterocycles. The second-order valence-corrected chi connectivity index (χ2v) is 10.0. The zero-order chi connectivity index (χ0) is 24.0. The Kier molecular flexibility index (Phi) is 5.77. The van der Waals surface area contributed by atoms with E-state index in [9.17, 15) is 14.7 Å². The molecule has 0 saturated carbocycles. The summed E-state index contributed by atoms with van der Waals surface area (Å²) in [6.07, 6.45) is 3.60. The number of piperidine rings is 1. The van der Waals surface area contributed by atoms with Gasteiger partial charge < -0.3 is 14.4 Å². The molecule has 7 nitrogen and oxygen atoms in total. The molecule has 0 bridgehead atoms. The van der Waals surface area contributed by atoms with Crippen molar-refractivity contribution in [2.75, 3.05) is 22.9 Å². The van der Waals surface area contributed by atoms with Crippen LogP contribution in [0.3, 0.4) is 0 Å². The highest BCUT2D eigenvalue weighted by Crippen LogP contribution is 2.43. The molecule has 1 fully saturated rings. The predicted octanol–water partition coefficient (Wildman–Crippen LogP) is 5.43. The Balaban J connectivity index is 1.55. The number of aliphatic hydroxyl groups is 1. The number of nitrogens with zero attached hydrogens (tertiary/aromatic N) is 3. The van der Waals surface area contributed by atoms with Crippen LogP contribution in [0, 0.1) is 20.8 Å². The van der Waals surface area contributed by atoms with Gasteiger partial charge in [0.2, 0.25) is 5.78 Å². The van der Waals surface area contributed by atoms with Crippen LogP contribution in [-0.2, 0) is 4.79 Å². The Morgan fingerprint density at radius 3 is 2.29 bits per heavy atom. The Morgan fingerprint density at radius 1 is 1.03 bits per heavy atom. The van der Waals surface area contributed by atoms with Crippen molar-refractivity contribution in [2.45, 2.75) is 46.1 Å². The molecule has 1 aromatic carbocycles. The van der Waals surface area contributed by atoms with Crippen LogP contribution in [0.4, 0.5) is 11.4 Å². The number of ketones is 1. The van der Waals surface area contributed by atoms with Crippen LogP contribution in [-0.4, -0.2) is 34.9 Å². The molecule has 2 aliphatic rings. The minimum atomic E-state index is -0.864. The Morgan fingerprint density at radius 2 is 1.71 bits per heavy atom. The van der Waals surface area contributed by atoms with E-state index in [0.29, 0.717) is 27.8 Å². The van der Waals surface area contributed by atoms with Crippen LogP contribution in [0.25, 0.3) is 0 Å². The third kappa shape index (κ3) is 3.81. The number of benzene rings is 1. The minimum Gasteiger partial charge on any atom is -0.503 e. The summed E-state index contributed by atoms with van der Waals surface area (Å²) in [6, 6.07) is 10.4. The molecule has 1 saturated heterocycles. The number of furan rings is 1. The number of thiazole rings is 1. The van der Waals surface area contributed by atoms with Crippen molar-refractivity contribution >= 4 is 34.4 Å². The van der Waals surface area contributed by atoms with Gasteiger partial charge in [0.15, 0.2) is 5.76 Å². The van der Waals surface area contributed by atoms with Gasteiger partial charge in [-0.1, -0.05) is 0 Å². The van der Waals surface area contributed by atoms with Crippen LogP contribution in [0.1, 0.15) is 57.2 Å². The zero-order valence-corrected chi connectivity index (χ0v) is 20.3. The number of Topliss-reactive ketones (excluding diaryl/α,β-unsaturated/α-hetero) is 1. The van der Waals surface area contributed by atoms with Gasteiger partial charge >= 0.3 is 0 Å². The largest absolute Gasteiger partial charge is 0.503 e. The summed E-state index contributed by atoms with van der Waals surface area (Å²) >= 11 is 1.26. The van der Waals surface area contributed by atoms with E-state index in [2.05, 4.69) is 9.88 Å². The maximum atomic E-state index is 13.6. The van der Waals surface area contributed by atoms with Crippen molar-refractivity contribution in [3.8, 4) is 0 Å². The fourth-order valence-corrected chi connectivity index (χ4v) is 5.69. The molecule has 1 atom stereocenters. The van der Waals surface area contributed by atoms with Crippen LogP contribution in [0.2, 0.25) is 0 Å². The molecule has 1 unspecified atom stereocenters. The van der Waals surface area contributed by atoms with Gasteiger partial charge in [-0.05, 0) is 76.4 Å². The fourth-order valence-electron chi connectivity index (χ4n) is 4.81. The molecule has 4 heterocycles. The number of amides is 1. The molecule has 2 aliphatic heterocycles. The first-order valence-corrected chi connectivity index (χ1v) is 12.3. The molecular formula is C26H27N3O4S.